The number of rotatable bonds is 5. The fourth-order valence-corrected chi connectivity index (χ4v) is 2.06. The minimum atomic E-state index is 0.855. The molecule has 0 amide bonds. The van der Waals surface area contributed by atoms with Gasteiger partial charge in [-0.05, 0) is 13.5 Å². The highest BCUT2D eigenvalue weighted by Gasteiger charge is 2.11. The van der Waals surface area contributed by atoms with Crippen molar-refractivity contribution in [1.29, 1.82) is 0 Å². The van der Waals surface area contributed by atoms with E-state index in [9.17, 15) is 0 Å². The predicted octanol–water partition coefficient (Wildman–Crippen LogP) is 2.68. The van der Waals surface area contributed by atoms with E-state index < -0.39 is 0 Å². The molecule has 0 aliphatic rings. The molecule has 1 aromatic heterocycles. The van der Waals surface area contributed by atoms with Crippen molar-refractivity contribution in [3.05, 3.63) is 42.1 Å². The second-order valence-electron chi connectivity index (χ2n) is 4.14. The van der Waals surface area contributed by atoms with Crippen molar-refractivity contribution < 1.29 is 0 Å². The van der Waals surface area contributed by atoms with Crippen LogP contribution in [0.4, 0.5) is 0 Å². The summed E-state index contributed by atoms with van der Waals surface area (Å²) in [6.45, 7) is 4.00. The molecule has 0 unspecified atom stereocenters. The third kappa shape index (κ3) is 2.56. The second kappa shape index (κ2) is 5.64. The van der Waals surface area contributed by atoms with Gasteiger partial charge in [-0.2, -0.15) is 5.10 Å². The summed E-state index contributed by atoms with van der Waals surface area (Å²) in [4.78, 5) is 0. The summed E-state index contributed by atoms with van der Waals surface area (Å²) in [5.74, 6) is 0. The van der Waals surface area contributed by atoms with Gasteiger partial charge in [0.15, 0.2) is 0 Å². The highest BCUT2D eigenvalue weighted by atomic mass is 15.3. The van der Waals surface area contributed by atoms with Crippen LogP contribution in [0.5, 0.6) is 0 Å². The lowest BCUT2D eigenvalue weighted by molar-refractivity contribution is 0.608. The van der Waals surface area contributed by atoms with Gasteiger partial charge < -0.3 is 5.32 Å². The van der Waals surface area contributed by atoms with E-state index in [0.717, 1.165) is 19.5 Å². The number of hydrogen-bond donors (Lipinski definition) is 1. The van der Waals surface area contributed by atoms with Crippen molar-refractivity contribution in [2.75, 3.05) is 7.05 Å². The Bertz CT molecular complexity index is 436. The molecule has 0 saturated carbocycles. The first-order valence-electron chi connectivity index (χ1n) is 6.11. The van der Waals surface area contributed by atoms with Gasteiger partial charge in [0.2, 0.25) is 0 Å². The monoisotopic (exact) mass is 229 g/mol. The summed E-state index contributed by atoms with van der Waals surface area (Å²) in [6.07, 6.45) is 3.06. The zero-order chi connectivity index (χ0) is 12.1. The Morgan fingerprint density at radius 3 is 2.65 bits per heavy atom. The molecule has 0 fully saturated rings. The average molecular weight is 229 g/mol. The zero-order valence-corrected chi connectivity index (χ0v) is 10.5. The normalized spacial score (nSPS) is 10.7. The van der Waals surface area contributed by atoms with Crippen LogP contribution in [0.3, 0.4) is 0 Å². The van der Waals surface area contributed by atoms with Crippen molar-refractivity contribution in [2.24, 2.45) is 0 Å². The predicted molar refractivity (Wildman–Crippen MR) is 70.7 cm³/mol. The molecular weight excluding hydrogens is 210 g/mol. The van der Waals surface area contributed by atoms with Gasteiger partial charge in [0.1, 0.15) is 0 Å². The summed E-state index contributed by atoms with van der Waals surface area (Å²) in [5, 5.41) is 7.67. The molecule has 1 heterocycles. The van der Waals surface area contributed by atoms with Crippen LogP contribution in [0.25, 0.3) is 11.3 Å². The van der Waals surface area contributed by atoms with E-state index in [2.05, 4.69) is 46.3 Å². The molecule has 0 aliphatic heterocycles. The van der Waals surface area contributed by atoms with E-state index in [0.29, 0.717) is 0 Å². The molecule has 0 spiro atoms. The van der Waals surface area contributed by atoms with Gasteiger partial charge in [0.25, 0.3) is 0 Å². The van der Waals surface area contributed by atoms with E-state index in [1.807, 2.05) is 19.3 Å². The number of nitrogens with one attached hydrogen (secondary N) is 1. The first-order valence-corrected chi connectivity index (χ1v) is 6.11. The topological polar surface area (TPSA) is 29.9 Å². The molecule has 0 atom stereocenters. The Morgan fingerprint density at radius 2 is 2.00 bits per heavy atom. The van der Waals surface area contributed by atoms with Crippen LogP contribution in [-0.4, -0.2) is 16.8 Å². The molecule has 3 heteroatoms. The van der Waals surface area contributed by atoms with Crippen LogP contribution < -0.4 is 5.32 Å². The van der Waals surface area contributed by atoms with Crippen molar-refractivity contribution in [2.45, 2.75) is 26.4 Å². The molecule has 17 heavy (non-hydrogen) atoms. The third-order valence-electron chi connectivity index (χ3n) is 2.77. The summed E-state index contributed by atoms with van der Waals surface area (Å²) in [7, 11) is 1.96. The van der Waals surface area contributed by atoms with Crippen molar-refractivity contribution in [1.82, 2.24) is 15.1 Å². The molecule has 0 bridgehead atoms. The lowest BCUT2D eigenvalue weighted by atomic mass is 10.1. The maximum Gasteiger partial charge on any atom is 0.0727 e. The SMILES string of the molecule is CCCn1ncc(CNC)c1-c1ccccc1. The smallest absolute Gasteiger partial charge is 0.0727 e. The number of benzene rings is 1. The molecule has 1 aromatic carbocycles. The van der Waals surface area contributed by atoms with Crippen molar-refractivity contribution >= 4 is 0 Å². The molecule has 3 nitrogen and oxygen atoms in total. The lowest BCUT2D eigenvalue weighted by Gasteiger charge is -2.09. The van der Waals surface area contributed by atoms with Gasteiger partial charge in [0, 0.05) is 24.2 Å². The fraction of sp³-hybridized carbons (Fsp3) is 0.357. The number of hydrogen-bond acceptors (Lipinski definition) is 2. The minimum Gasteiger partial charge on any atom is -0.316 e. The van der Waals surface area contributed by atoms with Crippen LogP contribution in [0.2, 0.25) is 0 Å². The zero-order valence-electron chi connectivity index (χ0n) is 10.5. The van der Waals surface area contributed by atoms with Gasteiger partial charge in [-0.25, -0.2) is 0 Å². The standard InChI is InChI=1S/C14H19N3/c1-3-9-17-14(12-7-5-4-6-8-12)13(10-15-2)11-16-17/h4-8,11,15H,3,9-10H2,1-2H3. The molecule has 0 aliphatic carbocycles. The van der Waals surface area contributed by atoms with Crippen molar-refractivity contribution in [3.8, 4) is 11.3 Å². The van der Waals surface area contributed by atoms with Gasteiger partial charge in [-0.3, -0.25) is 4.68 Å². The molecule has 90 valence electrons. The Morgan fingerprint density at radius 1 is 1.24 bits per heavy atom. The Balaban J connectivity index is 2.44. The maximum atomic E-state index is 4.48. The average Bonchev–Trinajstić information content (AvgIpc) is 2.74. The quantitative estimate of drug-likeness (QED) is 0.854. The fourth-order valence-electron chi connectivity index (χ4n) is 2.06. The highest BCUT2D eigenvalue weighted by molar-refractivity contribution is 5.63. The maximum absolute atomic E-state index is 4.48. The van der Waals surface area contributed by atoms with E-state index in [1.165, 1.54) is 16.8 Å². The Hall–Kier alpha value is -1.61. The molecule has 2 aromatic rings. The number of aromatic nitrogens is 2. The molecule has 1 N–H and O–H groups in total. The Labute approximate surface area is 102 Å². The second-order valence-corrected chi connectivity index (χ2v) is 4.14. The van der Waals surface area contributed by atoms with Crippen molar-refractivity contribution in [3.63, 3.8) is 0 Å². The summed E-state index contributed by atoms with van der Waals surface area (Å²) in [5.41, 5.74) is 3.73. The number of nitrogens with zero attached hydrogens (tertiary/aromatic N) is 2. The van der Waals surface area contributed by atoms with Crippen LogP contribution >= 0.6 is 0 Å². The summed E-state index contributed by atoms with van der Waals surface area (Å²) in [6, 6.07) is 10.5. The molecule has 0 saturated heterocycles. The van der Waals surface area contributed by atoms with E-state index in [4.69, 9.17) is 0 Å². The molecule has 2 rings (SSSR count). The first-order chi connectivity index (χ1) is 8.36. The minimum absolute atomic E-state index is 0.855. The van der Waals surface area contributed by atoms with Gasteiger partial charge in [-0.1, -0.05) is 37.3 Å². The van der Waals surface area contributed by atoms with Crippen LogP contribution in [0.15, 0.2) is 36.5 Å². The van der Waals surface area contributed by atoms with Crippen LogP contribution in [-0.2, 0) is 13.1 Å². The van der Waals surface area contributed by atoms with E-state index >= 15 is 0 Å². The third-order valence-corrected chi connectivity index (χ3v) is 2.77. The Kier molecular flexibility index (Phi) is 3.94. The molecule has 0 radical (unpaired) electrons. The molecular formula is C14H19N3. The van der Waals surface area contributed by atoms with Crippen LogP contribution in [0, 0.1) is 0 Å². The van der Waals surface area contributed by atoms with Gasteiger partial charge in [-0.15, -0.1) is 0 Å². The number of aryl methyl sites for hydroxylation is 1. The van der Waals surface area contributed by atoms with Gasteiger partial charge >= 0.3 is 0 Å². The lowest BCUT2D eigenvalue weighted by Crippen LogP contribution is -2.07. The largest absolute Gasteiger partial charge is 0.316 e. The van der Waals surface area contributed by atoms with E-state index in [-0.39, 0.29) is 0 Å². The summed E-state index contributed by atoms with van der Waals surface area (Å²) >= 11 is 0. The first kappa shape index (κ1) is 11.9. The van der Waals surface area contributed by atoms with Gasteiger partial charge in [0.05, 0.1) is 11.9 Å². The summed E-state index contributed by atoms with van der Waals surface area (Å²) < 4.78 is 2.10. The highest BCUT2D eigenvalue weighted by Crippen LogP contribution is 2.23. The van der Waals surface area contributed by atoms with Crippen LogP contribution in [0.1, 0.15) is 18.9 Å². The van der Waals surface area contributed by atoms with E-state index in [1.54, 1.807) is 0 Å².